The largest absolute Gasteiger partial charge is 0.370 e. The molecule has 0 aromatic heterocycles. The third kappa shape index (κ3) is 4.48. The predicted molar refractivity (Wildman–Crippen MR) is 89.5 cm³/mol. The Bertz CT molecular complexity index is 536. The maximum absolute atomic E-state index is 12.5. The van der Waals surface area contributed by atoms with E-state index >= 15 is 0 Å². The van der Waals surface area contributed by atoms with Gasteiger partial charge in [-0.15, -0.1) is 11.8 Å². The van der Waals surface area contributed by atoms with E-state index in [9.17, 15) is 9.59 Å². The Morgan fingerprint density at radius 2 is 2.05 bits per heavy atom. The minimum atomic E-state index is -0.314. The number of hydrogen-bond donors (Lipinski definition) is 3. The number of benzene rings is 1. The molecule has 1 aliphatic rings. The van der Waals surface area contributed by atoms with Crippen molar-refractivity contribution in [3.8, 4) is 0 Å². The molecule has 22 heavy (non-hydrogen) atoms. The van der Waals surface area contributed by atoms with Gasteiger partial charge in [0, 0.05) is 23.0 Å². The first-order chi connectivity index (χ1) is 10.6. The lowest BCUT2D eigenvalue weighted by Gasteiger charge is -2.18. The third-order valence-electron chi connectivity index (χ3n) is 4.05. The summed E-state index contributed by atoms with van der Waals surface area (Å²) in [6.45, 7) is 0.563. The van der Waals surface area contributed by atoms with Crippen molar-refractivity contribution in [1.29, 1.82) is 0 Å². The smallest absolute Gasteiger partial charge is 0.227 e. The number of para-hydroxylation sites is 1. The first-order valence-corrected chi connectivity index (χ1v) is 8.61. The van der Waals surface area contributed by atoms with Gasteiger partial charge < -0.3 is 16.8 Å². The Kier molecular flexibility index (Phi) is 6.27. The van der Waals surface area contributed by atoms with Crippen molar-refractivity contribution in [3.63, 3.8) is 0 Å². The monoisotopic (exact) mass is 321 g/mol. The van der Waals surface area contributed by atoms with Gasteiger partial charge in [0.05, 0.1) is 5.69 Å². The highest BCUT2D eigenvalue weighted by molar-refractivity contribution is 7.99. The van der Waals surface area contributed by atoms with E-state index in [1.807, 2.05) is 24.3 Å². The molecule has 0 bridgehead atoms. The molecule has 1 fully saturated rings. The first-order valence-electron chi connectivity index (χ1n) is 7.63. The molecule has 5 nitrogen and oxygen atoms in total. The standard InChI is InChI=1S/C16H23N3O2S/c17-10-11-4-3-5-12(11)16(21)19-13-6-1-2-7-14(13)22-9-8-15(18)20/h1-2,6-7,11-12H,3-5,8-10,17H2,(H2,18,20)(H,19,21)/t11-,12-/m1/s1. The molecule has 0 radical (unpaired) electrons. The van der Waals surface area contributed by atoms with E-state index in [0.717, 1.165) is 29.8 Å². The van der Waals surface area contributed by atoms with Crippen molar-refractivity contribution < 1.29 is 9.59 Å². The van der Waals surface area contributed by atoms with E-state index in [0.29, 0.717) is 18.7 Å². The van der Waals surface area contributed by atoms with Crippen molar-refractivity contribution in [2.24, 2.45) is 23.3 Å². The second-order valence-electron chi connectivity index (χ2n) is 5.58. The second kappa shape index (κ2) is 8.19. The molecule has 0 saturated heterocycles. The topological polar surface area (TPSA) is 98.2 Å². The van der Waals surface area contributed by atoms with Crippen LogP contribution in [0.2, 0.25) is 0 Å². The van der Waals surface area contributed by atoms with Crippen LogP contribution < -0.4 is 16.8 Å². The van der Waals surface area contributed by atoms with Gasteiger partial charge in [-0.2, -0.15) is 0 Å². The van der Waals surface area contributed by atoms with Crippen molar-refractivity contribution in [2.75, 3.05) is 17.6 Å². The van der Waals surface area contributed by atoms with Crippen LogP contribution in [0.15, 0.2) is 29.2 Å². The number of amides is 2. The highest BCUT2D eigenvalue weighted by Gasteiger charge is 2.32. The van der Waals surface area contributed by atoms with Crippen LogP contribution in [0, 0.1) is 11.8 Å². The molecular weight excluding hydrogens is 298 g/mol. The summed E-state index contributed by atoms with van der Waals surface area (Å²) >= 11 is 1.53. The van der Waals surface area contributed by atoms with Crippen molar-refractivity contribution in [3.05, 3.63) is 24.3 Å². The zero-order valence-electron chi connectivity index (χ0n) is 12.6. The Hall–Kier alpha value is -1.53. The summed E-state index contributed by atoms with van der Waals surface area (Å²) in [5.74, 6) is 0.641. The minimum Gasteiger partial charge on any atom is -0.370 e. The summed E-state index contributed by atoms with van der Waals surface area (Å²) in [7, 11) is 0. The highest BCUT2D eigenvalue weighted by Crippen LogP contribution is 2.33. The number of rotatable bonds is 7. The number of primary amides is 1. The van der Waals surface area contributed by atoms with Crippen LogP contribution in [0.3, 0.4) is 0 Å². The SMILES string of the molecule is NC[C@H]1CCC[C@H]1C(=O)Nc1ccccc1SCCC(N)=O. The van der Waals surface area contributed by atoms with E-state index in [2.05, 4.69) is 5.32 Å². The van der Waals surface area contributed by atoms with Gasteiger partial charge >= 0.3 is 0 Å². The van der Waals surface area contributed by atoms with Gasteiger partial charge in [0.1, 0.15) is 0 Å². The average Bonchev–Trinajstić information content (AvgIpc) is 2.97. The zero-order chi connectivity index (χ0) is 15.9. The number of nitrogens with two attached hydrogens (primary N) is 2. The highest BCUT2D eigenvalue weighted by atomic mass is 32.2. The van der Waals surface area contributed by atoms with E-state index in [1.165, 1.54) is 11.8 Å². The number of anilines is 1. The number of carbonyl (C=O) groups is 2. The lowest BCUT2D eigenvalue weighted by Crippen LogP contribution is -2.29. The fourth-order valence-corrected chi connectivity index (χ4v) is 3.82. The maximum Gasteiger partial charge on any atom is 0.227 e. The minimum absolute atomic E-state index is 0.00803. The van der Waals surface area contributed by atoms with Gasteiger partial charge in [-0.1, -0.05) is 18.6 Å². The Morgan fingerprint density at radius 1 is 1.27 bits per heavy atom. The number of thioether (sulfide) groups is 1. The quantitative estimate of drug-likeness (QED) is 0.669. The molecule has 6 heteroatoms. The molecular formula is C16H23N3O2S. The third-order valence-corrected chi connectivity index (χ3v) is 5.12. The fourth-order valence-electron chi connectivity index (χ4n) is 2.85. The zero-order valence-corrected chi connectivity index (χ0v) is 13.4. The van der Waals surface area contributed by atoms with Gasteiger partial charge in [-0.3, -0.25) is 9.59 Å². The molecule has 0 aliphatic heterocycles. The molecule has 2 amide bonds. The molecule has 120 valence electrons. The van der Waals surface area contributed by atoms with Crippen molar-refractivity contribution in [1.82, 2.24) is 0 Å². The molecule has 1 saturated carbocycles. The van der Waals surface area contributed by atoms with E-state index in [1.54, 1.807) is 0 Å². The summed E-state index contributed by atoms with van der Waals surface area (Å²) in [6, 6.07) is 7.64. The Morgan fingerprint density at radius 3 is 2.77 bits per heavy atom. The summed E-state index contributed by atoms with van der Waals surface area (Å²) in [5, 5.41) is 3.02. The van der Waals surface area contributed by atoms with E-state index < -0.39 is 0 Å². The molecule has 1 aromatic rings. The summed E-state index contributed by atoms with van der Waals surface area (Å²) < 4.78 is 0. The first kappa shape index (κ1) is 16.8. The molecule has 1 aliphatic carbocycles. The molecule has 0 spiro atoms. The summed E-state index contributed by atoms with van der Waals surface area (Å²) in [4.78, 5) is 24.2. The summed E-state index contributed by atoms with van der Waals surface area (Å²) in [6.07, 6.45) is 3.33. The van der Waals surface area contributed by atoms with Crippen molar-refractivity contribution in [2.45, 2.75) is 30.6 Å². The van der Waals surface area contributed by atoms with Gasteiger partial charge in [0.15, 0.2) is 0 Å². The van der Waals surface area contributed by atoms with Crippen LogP contribution in [-0.2, 0) is 9.59 Å². The predicted octanol–water partition coefficient (Wildman–Crippen LogP) is 1.97. The lowest BCUT2D eigenvalue weighted by atomic mass is 9.95. The molecule has 2 rings (SSSR count). The molecule has 1 aromatic carbocycles. The van der Waals surface area contributed by atoms with Crippen LogP contribution in [0.25, 0.3) is 0 Å². The summed E-state index contributed by atoms with van der Waals surface area (Å²) in [5.41, 5.74) is 11.7. The number of nitrogens with one attached hydrogen (secondary N) is 1. The van der Waals surface area contributed by atoms with E-state index in [4.69, 9.17) is 11.5 Å². The molecule has 2 atom stereocenters. The maximum atomic E-state index is 12.5. The normalized spacial score (nSPS) is 20.8. The van der Waals surface area contributed by atoms with Crippen LogP contribution in [-0.4, -0.2) is 24.1 Å². The molecule has 0 heterocycles. The van der Waals surface area contributed by atoms with Crippen molar-refractivity contribution >= 4 is 29.3 Å². The Labute approximate surface area is 135 Å². The Balaban J connectivity index is 1.99. The van der Waals surface area contributed by atoms with Gasteiger partial charge in [0.25, 0.3) is 0 Å². The number of carbonyl (C=O) groups excluding carboxylic acids is 2. The fraction of sp³-hybridized carbons (Fsp3) is 0.500. The van der Waals surface area contributed by atoms with Crippen LogP contribution in [0.1, 0.15) is 25.7 Å². The van der Waals surface area contributed by atoms with E-state index in [-0.39, 0.29) is 23.7 Å². The van der Waals surface area contributed by atoms with Gasteiger partial charge in [-0.25, -0.2) is 0 Å². The molecule has 0 unspecified atom stereocenters. The van der Waals surface area contributed by atoms with Crippen LogP contribution in [0.4, 0.5) is 5.69 Å². The second-order valence-corrected chi connectivity index (χ2v) is 6.72. The van der Waals surface area contributed by atoms with Gasteiger partial charge in [-0.05, 0) is 37.4 Å². The average molecular weight is 321 g/mol. The lowest BCUT2D eigenvalue weighted by molar-refractivity contribution is -0.121. The van der Waals surface area contributed by atoms with Gasteiger partial charge in [0.2, 0.25) is 11.8 Å². The number of hydrogen-bond acceptors (Lipinski definition) is 4. The molecule has 5 N–H and O–H groups in total. The van der Waals surface area contributed by atoms with Crippen LogP contribution in [0.5, 0.6) is 0 Å². The van der Waals surface area contributed by atoms with Crippen LogP contribution >= 0.6 is 11.8 Å².